The van der Waals surface area contributed by atoms with Gasteiger partial charge in [-0.05, 0) is 13.3 Å². The van der Waals surface area contributed by atoms with Crippen LogP contribution >= 0.6 is 0 Å². The van der Waals surface area contributed by atoms with Gasteiger partial charge in [0.1, 0.15) is 0 Å². The summed E-state index contributed by atoms with van der Waals surface area (Å²) in [6.07, 6.45) is 0.823. The van der Waals surface area contributed by atoms with E-state index in [0.29, 0.717) is 0 Å². The average molecular weight is 194 g/mol. The molecule has 0 radical (unpaired) electrons. The molecule has 2 heterocycles. The van der Waals surface area contributed by atoms with Gasteiger partial charge in [0.25, 0.3) is 0 Å². The van der Waals surface area contributed by atoms with Crippen LogP contribution in [-0.4, -0.2) is 23.0 Å². The third-order valence-corrected chi connectivity index (χ3v) is 2.79. The Balaban J connectivity index is 2.25. The number of nitrogens with zero attached hydrogens (tertiary/aromatic N) is 2. The maximum absolute atomic E-state index is 11.6. The summed E-state index contributed by atoms with van der Waals surface area (Å²) in [7, 11) is 1.81. The summed E-state index contributed by atoms with van der Waals surface area (Å²) in [6.45, 7) is 3.83. The lowest BCUT2D eigenvalue weighted by molar-refractivity contribution is -0.130. The molecular weight excluding hydrogens is 180 g/mol. The molecule has 0 saturated carbocycles. The van der Waals surface area contributed by atoms with Crippen molar-refractivity contribution >= 4 is 5.91 Å². The summed E-state index contributed by atoms with van der Waals surface area (Å²) in [5, 5.41) is 3.83. The highest BCUT2D eigenvalue weighted by molar-refractivity contribution is 5.80. The van der Waals surface area contributed by atoms with Crippen molar-refractivity contribution in [2.45, 2.75) is 26.3 Å². The van der Waals surface area contributed by atoms with Crippen LogP contribution in [0, 0.1) is 12.8 Å². The summed E-state index contributed by atoms with van der Waals surface area (Å²) >= 11 is 0. The van der Waals surface area contributed by atoms with Crippen molar-refractivity contribution in [3.05, 3.63) is 17.5 Å². The van der Waals surface area contributed by atoms with Crippen LogP contribution in [0.15, 0.2) is 10.6 Å². The van der Waals surface area contributed by atoms with E-state index in [9.17, 15) is 4.79 Å². The first-order chi connectivity index (χ1) is 6.59. The highest BCUT2D eigenvalue weighted by Crippen LogP contribution is 2.34. The van der Waals surface area contributed by atoms with Crippen LogP contribution in [0.3, 0.4) is 0 Å². The maximum Gasteiger partial charge on any atom is 0.225 e. The molecule has 2 rings (SSSR count). The van der Waals surface area contributed by atoms with E-state index in [4.69, 9.17) is 4.52 Å². The molecule has 0 aromatic carbocycles. The van der Waals surface area contributed by atoms with Crippen LogP contribution < -0.4 is 0 Å². The number of likely N-dealkylation sites (tertiary alicyclic amines) is 1. The zero-order valence-electron chi connectivity index (χ0n) is 8.65. The second-order valence-corrected chi connectivity index (χ2v) is 3.97. The van der Waals surface area contributed by atoms with Gasteiger partial charge in [-0.3, -0.25) is 4.79 Å². The first kappa shape index (κ1) is 9.24. The molecule has 0 bridgehead atoms. The molecule has 1 aliphatic heterocycles. The molecule has 0 aliphatic carbocycles. The van der Waals surface area contributed by atoms with E-state index in [0.717, 1.165) is 17.9 Å². The van der Waals surface area contributed by atoms with Crippen molar-refractivity contribution < 1.29 is 9.32 Å². The Morgan fingerprint density at radius 2 is 2.36 bits per heavy atom. The predicted molar refractivity (Wildman–Crippen MR) is 50.5 cm³/mol. The fourth-order valence-corrected chi connectivity index (χ4v) is 1.94. The minimum Gasteiger partial charge on any atom is -0.359 e. The van der Waals surface area contributed by atoms with Gasteiger partial charge in [-0.15, -0.1) is 0 Å². The number of hydrogen-bond donors (Lipinski definition) is 0. The molecule has 1 aromatic rings. The number of carbonyl (C=O) groups excluding carboxylic acids is 1. The SMILES string of the molecule is Cc1cc([C@H]2C[C@H](C)C(=O)N2C)on1. The van der Waals surface area contributed by atoms with E-state index >= 15 is 0 Å². The number of amides is 1. The van der Waals surface area contributed by atoms with Gasteiger partial charge in [-0.1, -0.05) is 12.1 Å². The van der Waals surface area contributed by atoms with Crippen LogP contribution in [0.25, 0.3) is 0 Å². The predicted octanol–water partition coefficient (Wildman–Crippen LogP) is 1.52. The standard InChI is InChI=1S/C10H14N2O2/c1-6-4-8(12(3)10(6)13)9-5-7(2)11-14-9/h5-6,8H,4H2,1-3H3/t6-,8+/m0/s1. The molecule has 4 nitrogen and oxygen atoms in total. The Bertz CT molecular complexity index is 359. The van der Waals surface area contributed by atoms with Crippen LogP contribution in [-0.2, 0) is 4.79 Å². The minimum absolute atomic E-state index is 0.0682. The van der Waals surface area contributed by atoms with E-state index in [2.05, 4.69) is 5.16 Å². The zero-order chi connectivity index (χ0) is 10.3. The first-order valence-corrected chi connectivity index (χ1v) is 4.79. The third kappa shape index (κ3) is 1.31. The lowest BCUT2D eigenvalue weighted by Crippen LogP contribution is -2.23. The van der Waals surface area contributed by atoms with Gasteiger partial charge in [-0.2, -0.15) is 0 Å². The quantitative estimate of drug-likeness (QED) is 0.681. The Hall–Kier alpha value is -1.32. The first-order valence-electron chi connectivity index (χ1n) is 4.79. The number of rotatable bonds is 1. The molecule has 76 valence electrons. The van der Waals surface area contributed by atoms with Gasteiger partial charge >= 0.3 is 0 Å². The topological polar surface area (TPSA) is 46.3 Å². The Morgan fingerprint density at radius 1 is 1.64 bits per heavy atom. The second kappa shape index (κ2) is 3.12. The molecule has 1 aromatic heterocycles. The molecule has 1 amide bonds. The molecule has 1 fully saturated rings. The highest BCUT2D eigenvalue weighted by atomic mass is 16.5. The van der Waals surface area contributed by atoms with Crippen molar-refractivity contribution in [1.29, 1.82) is 0 Å². The summed E-state index contributed by atoms with van der Waals surface area (Å²) in [5.41, 5.74) is 0.861. The molecule has 14 heavy (non-hydrogen) atoms. The van der Waals surface area contributed by atoms with E-state index < -0.39 is 0 Å². The van der Waals surface area contributed by atoms with Crippen LogP contribution in [0.2, 0.25) is 0 Å². The largest absolute Gasteiger partial charge is 0.359 e. The van der Waals surface area contributed by atoms with E-state index in [-0.39, 0.29) is 17.9 Å². The zero-order valence-corrected chi connectivity index (χ0v) is 8.65. The van der Waals surface area contributed by atoms with Crippen molar-refractivity contribution in [2.24, 2.45) is 5.92 Å². The van der Waals surface area contributed by atoms with Gasteiger partial charge < -0.3 is 9.42 Å². The summed E-state index contributed by atoms with van der Waals surface area (Å²) in [5.74, 6) is 1.07. The maximum atomic E-state index is 11.6. The van der Waals surface area contributed by atoms with Crippen LogP contribution in [0.4, 0.5) is 0 Å². The smallest absolute Gasteiger partial charge is 0.225 e. The van der Waals surface area contributed by atoms with Crippen molar-refractivity contribution in [1.82, 2.24) is 10.1 Å². The molecule has 1 aliphatic rings. The molecule has 2 atom stereocenters. The van der Waals surface area contributed by atoms with Crippen LogP contribution in [0.5, 0.6) is 0 Å². The van der Waals surface area contributed by atoms with E-state index in [1.54, 1.807) is 4.90 Å². The van der Waals surface area contributed by atoms with Crippen molar-refractivity contribution in [2.75, 3.05) is 7.05 Å². The lowest BCUT2D eigenvalue weighted by Gasteiger charge is -2.16. The average Bonchev–Trinajstić information content (AvgIpc) is 2.66. The molecule has 1 saturated heterocycles. The van der Waals surface area contributed by atoms with Gasteiger partial charge in [0.2, 0.25) is 5.91 Å². The summed E-state index contributed by atoms with van der Waals surface area (Å²) in [4.78, 5) is 13.3. The van der Waals surface area contributed by atoms with E-state index in [1.165, 1.54) is 0 Å². The highest BCUT2D eigenvalue weighted by Gasteiger charge is 2.37. The Morgan fingerprint density at radius 3 is 2.79 bits per heavy atom. The number of aromatic nitrogens is 1. The number of aryl methyl sites for hydroxylation is 1. The van der Waals surface area contributed by atoms with Gasteiger partial charge in [0, 0.05) is 19.0 Å². The monoisotopic (exact) mass is 194 g/mol. The normalized spacial score (nSPS) is 27.4. The number of carbonyl (C=O) groups is 1. The van der Waals surface area contributed by atoms with Crippen molar-refractivity contribution in [3.8, 4) is 0 Å². The fourth-order valence-electron chi connectivity index (χ4n) is 1.94. The Kier molecular flexibility index (Phi) is 2.06. The Labute approximate surface area is 82.9 Å². The van der Waals surface area contributed by atoms with E-state index in [1.807, 2.05) is 27.0 Å². The number of hydrogen-bond acceptors (Lipinski definition) is 3. The molecular formula is C10H14N2O2. The molecule has 0 unspecified atom stereocenters. The molecule has 0 N–H and O–H groups in total. The third-order valence-electron chi connectivity index (χ3n) is 2.79. The molecule has 4 heteroatoms. The van der Waals surface area contributed by atoms with Gasteiger partial charge in [0.15, 0.2) is 5.76 Å². The second-order valence-electron chi connectivity index (χ2n) is 3.97. The fraction of sp³-hybridized carbons (Fsp3) is 0.600. The molecule has 0 spiro atoms. The summed E-state index contributed by atoms with van der Waals surface area (Å²) in [6, 6.07) is 1.96. The lowest BCUT2D eigenvalue weighted by atomic mass is 10.1. The van der Waals surface area contributed by atoms with Gasteiger partial charge in [-0.25, -0.2) is 0 Å². The van der Waals surface area contributed by atoms with Gasteiger partial charge in [0.05, 0.1) is 11.7 Å². The summed E-state index contributed by atoms with van der Waals surface area (Å²) < 4.78 is 5.17. The minimum atomic E-state index is 0.0682. The van der Waals surface area contributed by atoms with Crippen LogP contribution in [0.1, 0.15) is 30.8 Å². The van der Waals surface area contributed by atoms with Crippen molar-refractivity contribution in [3.63, 3.8) is 0 Å².